The van der Waals surface area contributed by atoms with Crippen LogP contribution in [0.5, 0.6) is 0 Å². The van der Waals surface area contributed by atoms with Crippen molar-refractivity contribution in [1.82, 2.24) is 4.90 Å². The zero-order valence-corrected chi connectivity index (χ0v) is 16.6. The average molecular weight is 431 g/mol. The van der Waals surface area contributed by atoms with Gasteiger partial charge in [0.1, 0.15) is 5.82 Å². The molecule has 4 nitrogen and oxygen atoms in total. The topological polar surface area (TPSA) is 40.6 Å². The molecule has 1 heterocycles. The van der Waals surface area contributed by atoms with Crippen molar-refractivity contribution < 1.29 is 14.0 Å². The molecule has 2 aromatic rings. The molecule has 1 fully saturated rings. The number of nitrogens with zero attached hydrogens (tertiary/aromatic N) is 2. The first kappa shape index (κ1) is 19.3. The summed E-state index contributed by atoms with van der Waals surface area (Å²) in [5.41, 5.74) is 2.11. The van der Waals surface area contributed by atoms with Gasteiger partial charge in [0.25, 0.3) is 0 Å². The summed E-state index contributed by atoms with van der Waals surface area (Å²) in [6.07, 6.45) is 2.93. The number of piperazine rings is 1. The number of carbonyl (C=O) groups excluding carboxylic acids is 2. The number of benzene rings is 2. The summed E-state index contributed by atoms with van der Waals surface area (Å²) in [6, 6.07) is 12.1. The first-order valence-corrected chi connectivity index (χ1v) is 9.51. The molecule has 1 amide bonds. The van der Waals surface area contributed by atoms with Crippen LogP contribution in [-0.4, -0.2) is 42.8 Å². The van der Waals surface area contributed by atoms with Crippen LogP contribution in [0.15, 0.2) is 53.0 Å². The van der Waals surface area contributed by atoms with E-state index in [4.69, 9.17) is 0 Å². The quantitative estimate of drug-likeness (QED) is 0.540. The minimum Gasteiger partial charge on any atom is -0.368 e. The second-order valence-electron chi connectivity index (χ2n) is 6.41. The second-order valence-corrected chi connectivity index (χ2v) is 7.33. The largest absolute Gasteiger partial charge is 0.368 e. The van der Waals surface area contributed by atoms with Gasteiger partial charge in [0.05, 0.1) is 0 Å². The molecular formula is C21H20BrFN2O2. The lowest BCUT2D eigenvalue weighted by molar-refractivity contribution is -0.126. The van der Waals surface area contributed by atoms with Crippen LogP contribution in [0, 0.1) is 5.82 Å². The lowest BCUT2D eigenvalue weighted by Crippen LogP contribution is -2.48. The Bertz CT molecular complexity index is 872. The van der Waals surface area contributed by atoms with E-state index in [1.165, 1.54) is 18.2 Å². The number of carbonyl (C=O) groups is 2. The van der Waals surface area contributed by atoms with Gasteiger partial charge in [-0.05, 0) is 55.5 Å². The predicted molar refractivity (Wildman–Crippen MR) is 108 cm³/mol. The summed E-state index contributed by atoms with van der Waals surface area (Å²) < 4.78 is 14.5. The molecule has 1 aliphatic rings. The Balaban J connectivity index is 1.58. The van der Waals surface area contributed by atoms with E-state index in [0.29, 0.717) is 37.3 Å². The van der Waals surface area contributed by atoms with Crippen molar-refractivity contribution in [1.29, 1.82) is 0 Å². The third-order valence-corrected chi connectivity index (χ3v) is 5.09. The van der Waals surface area contributed by atoms with E-state index in [-0.39, 0.29) is 17.5 Å². The van der Waals surface area contributed by atoms with Crippen LogP contribution >= 0.6 is 15.9 Å². The van der Waals surface area contributed by atoms with Gasteiger partial charge in [-0.3, -0.25) is 9.59 Å². The van der Waals surface area contributed by atoms with E-state index in [9.17, 15) is 14.0 Å². The minimum absolute atomic E-state index is 0.0469. The van der Waals surface area contributed by atoms with Crippen molar-refractivity contribution in [2.75, 3.05) is 31.1 Å². The SMILES string of the molecule is CC(=O)c1ccc(N2CCN(C(=O)/C=C/c3cc(Br)ccc3F)CC2)cc1. The maximum Gasteiger partial charge on any atom is 0.246 e. The molecule has 27 heavy (non-hydrogen) atoms. The number of amides is 1. The van der Waals surface area contributed by atoms with Crippen LogP contribution in [0.3, 0.4) is 0 Å². The Hall–Kier alpha value is -2.47. The third-order valence-electron chi connectivity index (χ3n) is 4.59. The zero-order valence-electron chi connectivity index (χ0n) is 15.0. The van der Waals surface area contributed by atoms with Gasteiger partial charge in [-0.1, -0.05) is 15.9 Å². The first-order valence-electron chi connectivity index (χ1n) is 8.72. The van der Waals surface area contributed by atoms with E-state index in [2.05, 4.69) is 20.8 Å². The Labute approximate surface area is 166 Å². The van der Waals surface area contributed by atoms with Crippen LogP contribution in [-0.2, 0) is 4.79 Å². The summed E-state index contributed by atoms with van der Waals surface area (Å²) in [7, 11) is 0. The van der Waals surface area contributed by atoms with E-state index in [0.717, 1.165) is 10.2 Å². The molecule has 0 radical (unpaired) electrons. The number of halogens is 2. The molecule has 0 N–H and O–H groups in total. The van der Waals surface area contributed by atoms with Crippen molar-refractivity contribution in [2.24, 2.45) is 0 Å². The van der Waals surface area contributed by atoms with E-state index >= 15 is 0 Å². The maximum absolute atomic E-state index is 13.8. The molecule has 0 bridgehead atoms. The van der Waals surface area contributed by atoms with E-state index in [1.54, 1.807) is 24.0 Å². The van der Waals surface area contributed by atoms with Crippen LogP contribution < -0.4 is 4.90 Å². The Kier molecular flexibility index (Phi) is 6.06. The van der Waals surface area contributed by atoms with Crippen molar-refractivity contribution >= 4 is 39.4 Å². The molecule has 1 saturated heterocycles. The summed E-state index contributed by atoms with van der Waals surface area (Å²) in [5.74, 6) is -0.437. The van der Waals surface area contributed by atoms with Gasteiger partial charge in [-0.25, -0.2) is 4.39 Å². The molecule has 1 aliphatic heterocycles. The molecule has 0 aliphatic carbocycles. The fourth-order valence-corrected chi connectivity index (χ4v) is 3.38. The van der Waals surface area contributed by atoms with E-state index < -0.39 is 0 Å². The molecule has 0 aromatic heterocycles. The number of ketones is 1. The van der Waals surface area contributed by atoms with Crippen molar-refractivity contribution in [3.8, 4) is 0 Å². The number of hydrogen-bond donors (Lipinski definition) is 0. The summed E-state index contributed by atoms with van der Waals surface area (Å²) in [6.45, 7) is 4.17. The molecule has 2 aromatic carbocycles. The van der Waals surface area contributed by atoms with Gasteiger partial charge in [0.15, 0.2) is 5.78 Å². The van der Waals surface area contributed by atoms with Crippen molar-refractivity contribution in [3.05, 3.63) is 70.0 Å². The molecule has 140 valence electrons. The van der Waals surface area contributed by atoms with Crippen LogP contribution in [0.4, 0.5) is 10.1 Å². The highest BCUT2D eigenvalue weighted by molar-refractivity contribution is 9.10. The second kappa shape index (κ2) is 8.48. The molecular weight excluding hydrogens is 411 g/mol. The Morgan fingerprint density at radius 3 is 2.33 bits per heavy atom. The van der Waals surface area contributed by atoms with Gasteiger partial charge >= 0.3 is 0 Å². The standard InChI is InChI=1S/C21H20BrFN2O2/c1-15(26)16-2-6-19(7-3-16)24-10-12-25(13-11-24)21(27)9-4-17-14-18(22)5-8-20(17)23/h2-9,14H,10-13H2,1H3/b9-4+. The van der Waals surface area contributed by atoms with Crippen LogP contribution in [0.1, 0.15) is 22.8 Å². The third kappa shape index (κ3) is 4.83. The lowest BCUT2D eigenvalue weighted by Gasteiger charge is -2.35. The molecule has 6 heteroatoms. The normalized spacial score (nSPS) is 14.6. The maximum atomic E-state index is 13.8. The van der Waals surface area contributed by atoms with Crippen LogP contribution in [0.2, 0.25) is 0 Å². The molecule has 0 saturated carbocycles. The average Bonchev–Trinajstić information content (AvgIpc) is 2.68. The molecule has 0 atom stereocenters. The van der Waals surface area contributed by atoms with Crippen molar-refractivity contribution in [2.45, 2.75) is 6.92 Å². The van der Waals surface area contributed by atoms with Crippen molar-refractivity contribution in [3.63, 3.8) is 0 Å². The summed E-state index contributed by atoms with van der Waals surface area (Å²) in [4.78, 5) is 27.7. The van der Waals surface area contributed by atoms with Gasteiger partial charge in [-0.15, -0.1) is 0 Å². The van der Waals surface area contributed by atoms with E-state index in [1.807, 2.05) is 24.3 Å². The lowest BCUT2D eigenvalue weighted by atomic mass is 10.1. The molecule has 0 unspecified atom stereocenters. The summed E-state index contributed by atoms with van der Waals surface area (Å²) >= 11 is 3.30. The minimum atomic E-state index is -0.360. The zero-order chi connectivity index (χ0) is 19.4. The fourth-order valence-electron chi connectivity index (χ4n) is 3.00. The fraction of sp³-hybridized carbons (Fsp3) is 0.238. The molecule has 3 rings (SSSR count). The Morgan fingerprint density at radius 2 is 1.70 bits per heavy atom. The van der Waals surface area contributed by atoms with Gasteiger partial charge in [-0.2, -0.15) is 0 Å². The highest BCUT2D eigenvalue weighted by Gasteiger charge is 2.20. The molecule has 0 spiro atoms. The predicted octanol–water partition coefficient (Wildman–Crippen LogP) is 4.15. The van der Waals surface area contributed by atoms with Gasteiger partial charge in [0.2, 0.25) is 5.91 Å². The Morgan fingerprint density at radius 1 is 1.04 bits per heavy atom. The van der Waals surface area contributed by atoms with Gasteiger partial charge in [0, 0.05) is 53.5 Å². The number of hydrogen-bond acceptors (Lipinski definition) is 3. The van der Waals surface area contributed by atoms with Gasteiger partial charge < -0.3 is 9.80 Å². The van der Waals surface area contributed by atoms with Crippen LogP contribution in [0.25, 0.3) is 6.08 Å². The number of rotatable bonds is 4. The smallest absolute Gasteiger partial charge is 0.246 e. The monoisotopic (exact) mass is 430 g/mol. The highest BCUT2D eigenvalue weighted by Crippen LogP contribution is 2.19. The first-order chi connectivity index (χ1) is 12.9. The number of Topliss-reactive ketones (excluding diaryl/α,β-unsaturated/α-hetero) is 1. The highest BCUT2D eigenvalue weighted by atomic mass is 79.9. The summed E-state index contributed by atoms with van der Waals surface area (Å²) in [5, 5.41) is 0. The number of anilines is 1.